The van der Waals surface area contributed by atoms with E-state index in [4.69, 9.17) is 17.0 Å². The number of rotatable bonds is 7. The molecule has 1 aliphatic rings. The minimum absolute atomic E-state index is 0.218. The zero-order valence-corrected chi connectivity index (χ0v) is 24.1. The highest BCUT2D eigenvalue weighted by Crippen LogP contribution is 2.45. The van der Waals surface area contributed by atoms with Gasteiger partial charge in [0.2, 0.25) is 10.0 Å². The molecule has 202 valence electrons. The number of pyridine rings is 1. The summed E-state index contributed by atoms with van der Waals surface area (Å²) < 4.78 is 34.1. The summed E-state index contributed by atoms with van der Waals surface area (Å²) in [6.07, 6.45) is 2.89. The molecule has 2 N–H and O–H groups in total. The Bertz CT molecular complexity index is 1650. The van der Waals surface area contributed by atoms with Crippen molar-refractivity contribution in [2.24, 2.45) is 0 Å². The predicted octanol–water partition coefficient (Wildman–Crippen LogP) is 5.35. The van der Waals surface area contributed by atoms with Gasteiger partial charge in [-0.25, -0.2) is 8.42 Å². The van der Waals surface area contributed by atoms with Crippen LogP contribution in [-0.4, -0.2) is 36.4 Å². The SMILES string of the molecule is COc1cc(N2C(=S)N[C@@H](c3ccccn3)[C@H]2c2cc(C)n(-c3cccc(C)c3)c2C)ccc1NS(C)(=O)=O. The second-order valence-electron chi connectivity index (χ2n) is 9.76. The van der Waals surface area contributed by atoms with Gasteiger partial charge < -0.3 is 19.5 Å². The average Bonchev–Trinajstić information content (AvgIpc) is 3.38. The Hall–Kier alpha value is -3.89. The third-order valence-corrected chi connectivity index (χ3v) is 7.81. The molecule has 5 rings (SSSR count). The number of thiocarbonyl (C=S) groups is 1. The summed E-state index contributed by atoms with van der Waals surface area (Å²) in [7, 11) is -1.97. The lowest BCUT2D eigenvalue weighted by Crippen LogP contribution is -2.29. The molecule has 0 aliphatic carbocycles. The summed E-state index contributed by atoms with van der Waals surface area (Å²) in [5.74, 6) is 0.394. The number of anilines is 2. The molecule has 10 heteroatoms. The highest BCUT2D eigenvalue weighted by atomic mass is 32.2. The Morgan fingerprint density at radius 1 is 1.00 bits per heavy atom. The largest absolute Gasteiger partial charge is 0.494 e. The van der Waals surface area contributed by atoms with Gasteiger partial charge in [-0.2, -0.15) is 0 Å². The van der Waals surface area contributed by atoms with E-state index in [9.17, 15) is 8.42 Å². The summed E-state index contributed by atoms with van der Waals surface area (Å²) in [6, 6.07) is 21.4. The third-order valence-electron chi connectivity index (χ3n) is 6.91. The van der Waals surface area contributed by atoms with Gasteiger partial charge in [0, 0.05) is 35.0 Å². The van der Waals surface area contributed by atoms with Crippen LogP contribution < -0.4 is 19.7 Å². The molecule has 0 spiro atoms. The van der Waals surface area contributed by atoms with E-state index in [0.717, 1.165) is 40.3 Å². The van der Waals surface area contributed by atoms with Crippen LogP contribution in [0.15, 0.2) is 72.9 Å². The van der Waals surface area contributed by atoms with Crippen LogP contribution in [0.1, 0.15) is 40.3 Å². The van der Waals surface area contributed by atoms with E-state index < -0.39 is 10.0 Å². The molecule has 1 fully saturated rings. The number of nitrogens with zero attached hydrogens (tertiary/aromatic N) is 3. The topological polar surface area (TPSA) is 88.5 Å². The van der Waals surface area contributed by atoms with Gasteiger partial charge in [-0.1, -0.05) is 18.2 Å². The molecule has 4 aromatic rings. The molecule has 2 aromatic carbocycles. The first-order valence-corrected chi connectivity index (χ1v) is 14.8. The van der Waals surface area contributed by atoms with Crippen molar-refractivity contribution >= 4 is 38.7 Å². The Balaban J connectivity index is 1.67. The van der Waals surface area contributed by atoms with Gasteiger partial charge in [0.15, 0.2) is 5.11 Å². The van der Waals surface area contributed by atoms with Gasteiger partial charge in [-0.15, -0.1) is 0 Å². The van der Waals surface area contributed by atoms with Crippen LogP contribution >= 0.6 is 12.2 Å². The first-order chi connectivity index (χ1) is 18.6. The molecule has 0 amide bonds. The molecule has 3 heterocycles. The lowest BCUT2D eigenvalue weighted by Gasteiger charge is -2.29. The molecular formula is C29H31N5O3S2. The molecule has 0 unspecified atom stereocenters. The Kier molecular flexibility index (Phi) is 7.09. The van der Waals surface area contributed by atoms with Crippen molar-refractivity contribution in [1.82, 2.24) is 14.9 Å². The highest BCUT2D eigenvalue weighted by molar-refractivity contribution is 7.92. The zero-order valence-electron chi connectivity index (χ0n) is 22.5. The van der Waals surface area contributed by atoms with Gasteiger partial charge in [-0.05, 0) is 86.6 Å². The summed E-state index contributed by atoms with van der Waals surface area (Å²) >= 11 is 5.90. The normalized spacial score (nSPS) is 17.3. The number of nitrogens with one attached hydrogen (secondary N) is 2. The van der Waals surface area contributed by atoms with Crippen molar-refractivity contribution < 1.29 is 13.2 Å². The summed E-state index contributed by atoms with van der Waals surface area (Å²) in [4.78, 5) is 6.72. The molecule has 2 atom stereocenters. The minimum Gasteiger partial charge on any atom is -0.494 e. The van der Waals surface area contributed by atoms with E-state index in [2.05, 4.69) is 75.6 Å². The predicted molar refractivity (Wildman–Crippen MR) is 159 cm³/mol. The Morgan fingerprint density at radius 3 is 2.46 bits per heavy atom. The number of ether oxygens (including phenoxy) is 1. The average molecular weight is 562 g/mol. The number of sulfonamides is 1. The van der Waals surface area contributed by atoms with Crippen LogP contribution in [0.2, 0.25) is 0 Å². The van der Waals surface area contributed by atoms with E-state index in [1.54, 1.807) is 18.3 Å². The quantitative estimate of drug-likeness (QED) is 0.294. The fourth-order valence-corrected chi connectivity index (χ4v) is 6.23. The summed E-state index contributed by atoms with van der Waals surface area (Å²) in [5, 5.41) is 4.04. The summed E-state index contributed by atoms with van der Waals surface area (Å²) in [5.41, 5.74) is 7.60. The van der Waals surface area contributed by atoms with E-state index >= 15 is 0 Å². The number of hydrogen-bond donors (Lipinski definition) is 2. The molecule has 2 aromatic heterocycles. The third kappa shape index (κ3) is 5.22. The van der Waals surface area contributed by atoms with Crippen LogP contribution in [0.25, 0.3) is 5.69 Å². The van der Waals surface area contributed by atoms with Gasteiger partial charge >= 0.3 is 0 Å². The number of hydrogen-bond acceptors (Lipinski definition) is 5. The van der Waals surface area contributed by atoms with Crippen molar-refractivity contribution in [2.75, 3.05) is 23.0 Å². The van der Waals surface area contributed by atoms with E-state index in [1.165, 1.54) is 12.7 Å². The number of methoxy groups -OCH3 is 1. The number of benzene rings is 2. The minimum atomic E-state index is -3.48. The van der Waals surface area contributed by atoms with Crippen LogP contribution in [-0.2, 0) is 10.0 Å². The molecule has 0 bridgehead atoms. The molecule has 39 heavy (non-hydrogen) atoms. The first kappa shape index (κ1) is 26.7. The fraction of sp³-hybridized carbons (Fsp3) is 0.241. The van der Waals surface area contributed by atoms with Crippen molar-refractivity contribution in [3.05, 3.63) is 101 Å². The van der Waals surface area contributed by atoms with Crippen molar-refractivity contribution in [3.63, 3.8) is 0 Å². The Morgan fingerprint density at radius 2 is 1.79 bits per heavy atom. The first-order valence-electron chi connectivity index (χ1n) is 12.5. The van der Waals surface area contributed by atoms with E-state index in [1.807, 2.05) is 24.3 Å². The molecule has 1 aliphatic heterocycles. The van der Waals surface area contributed by atoms with Crippen LogP contribution in [0.3, 0.4) is 0 Å². The molecule has 8 nitrogen and oxygen atoms in total. The van der Waals surface area contributed by atoms with Crippen molar-refractivity contribution in [2.45, 2.75) is 32.9 Å². The van der Waals surface area contributed by atoms with Gasteiger partial charge in [0.25, 0.3) is 0 Å². The smallest absolute Gasteiger partial charge is 0.229 e. The molecule has 1 saturated heterocycles. The maximum Gasteiger partial charge on any atom is 0.229 e. The van der Waals surface area contributed by atoms with Gasteiger partial charge in [0.05, 0.1) is 36.8 Å². The lowest BCUT2D eigenvalue weighted by molar-refractivity contribution is 0.417. The summed E-state index contributed by atoms with van der Waals surface area (Å²) in [6.45, 7) is 6.32. The van der Waals surface area contributed by atoms with Gasteiger partial charge in [0.1, 0.15) is 5.75 Å². The number of aryl methyl sites for hydroxylation is 2. The molecule has 0 saturated carbocycles. The fourth-order valence-electron chi connectivity index (χ4n) is 5.31. The van der Waals surface area contributed by atoms with E-state index in [0.29, 0.717) is 16.5 Å². The van der Waals surface area contributed by atoms with E-state index in [-0.39, 0.29) is 12.1 Å². The second kappa shape index (κ2) is 10.3. The van der Waals surface area contributed by atoms with Crippen molar-refractivity contribution in [1.29, 1.82) is 0 Å². The molecule has 0 radical (unpaired) electrons. The second-order valence-corrected chi connectivity index (χ2v) is 11.9. The van der Waals surface area contributed by atoms with Crippen LogP contribution in [0.5, 0.6) is 5.75 Å². The van der Waals surface area contributed by atoms with Crippen molar-refractivity contribution in [3.8, 4) is 11.4 Å². The van der Waals surface area contributed by atoms with Crippen LogP contribution in [0, 0.1) is 20.8 Å². The standard InChI is InChI=1S/C29H31N5O3S2/c1-18-9-8-10-21(15-18)33-19(2)16-23(20(33)3)28-27(25-11-6-7-14-30-25)31-29(38)34(28)22-12-13-24(26(17-22)37-4)32-39(5,35)36/h6-17,27-28,32H,1-5H3,(H,31,38)/t27-,28+/m0/s1. The Labute approximate surface area is 234 Å². The maximum atomic E-state index is 11.9. The van der Waals surface area contributed by atoms with Crippen LogP contribution in [0.4, 0.5) is 11.4 Å². The lowest BCUT2D eigenvalue weighted by atomic mass is 9.96. The molecular weight excluding hydrogens is 530 g/mol. The number of aromatic nitrogens is 2. The zero-order chi connectivity index (χ0) is 27.9. The maximum absolute atomic E-state index is 11.9. The highest BCUT2D eigenvalue weighted by Gasteiger charge is 2.42. The monoisotopic (exact) mass is 561 g/mol. The van der Waals surface area contributed by atoms with Gasteiger partial charge in [-0.3, -0.25) is 9.71 Å².